The van der Waals surface area contributed by atoms with Crippen molar-refractivity contribution in [2.45, 2.75) is 19.8 Å². The highest BCUT2D eigenvalue weighted by Crippen LogP contribution is 2.31. The van der Waals surface area contributed by atoms with Gasteiger partial charge in [-0.25, -0.2) is 0 Å². The first-order valence-electron chi connectivity index (χ1n) is 9.47. The maximum Gasteiger partial charge on any atom is 0.257 e. The Morgan fingerprint density at radius 1 is 1.07 bits per heavy atom. The van der Waals surface area contributed by atoms with Gasteiger partial charge in [0.15, 0.2) is 0 Å². The molecule has 0 bridgehead atoms. The van der Waals surface area contributed by atoms with Gasteiger partial charge in [-0.3, -0.25) is 9.59 Å². The van der Waals surface area contributed by atoms with Gasteiger partial charge in [0.25, 0.3) is 5.91 Å². The highest BCUT2D eigenvalue weighted by molar-refractivity contribution is 9.10. The molecule has 29 heavy (non-hydrogen) atoms. The zero-order valence-corrected chi connectivity index (χ0v) is 19.1. The van der Waals surface area contributed by atoms with E-state index in [-0.39, 0.29) is 11.8 Å². The normalized spacial score (nSPS) is 14.1. The molecular formula is C21H22BrCl2N3O2. The molecule has 0 radical (unpaired) electrons. The molecule has 0 aromatic heterocycles. The van der Waals surface area contributed by atoms with Crippen molar-refractivity contribution in [2.75, 3.05) is 36.4 Å². The quantitative estimate of drug-likeness (QED) is 0.595. The Bertz CT molecular complexity index is 915. The molecule has 0 atom stereocenters. The van der Waals surface area contributed by atoms with Crippen LogP contribution in [0.4, 0.5) is 11.4 Å². The number of carbonyl (C=O) groups is 2. The van der Waals surface area contributed by atoms with Gasteiger partial charge in [0.05, 0.1) is 22.0 Å². The maximum absolute atomic E-state index is 12.8. The molecule has 0 saturated carbocycles. The Morgan fingerprint density at radius 2 is 1.79 bits per heavy atom. The highest BCUT2D eigenvalue weighted by atomic mass is 79.9. The van der Waals surface area contributed by atoms with Crippen molar-refractivity contribution in [1.82, 2.24) is 4.90 Å². The van der Waals surface area contributed by atoms with E-state index >= 15 is 0 Å². The highest BCUT2D eigenvalue weighted by Gasteiger charge is 2.23. The summed E-state index contributed by atoms with van der Waals surface area (Å²) in [6, 6.07) is 10.6. The van der Waals surface area contributed by atoms with Crippen LogP contribution in [0.5, 0.6) is 0 Å². The van der Waals surface area contributed by atoms with Crippen molar-refractivity contribution in [3.8, 4) is 0 Å². The Balaban J connectivity index is 1.78. The number of hydrogen-bond acceptors (Lipinski definition) is 3. The number of halogens is 3. The molecular weight excluding hydrogens is 477 g/mol. The molecule has 1 saturated heterocycles. The first kappa shape index (κ1) is 21.9. The van der Waals surface area contributed by atoms with Gasteiger partial charge in [0.1, 0.15) is 0 Å². The van der Waals surface area contributed by atoms with Crippen molar-refractivity contribution in [3.05, 3.63) is 56.5 Å². The zero-order valence-electron chi connectivity index (χ0n) is 16.1. The van der Waals surface area contributed by atoms with Gasteiger partial charge >= 0.3 is 0 Å². The molecule has 0 unspecified atom stereocenters. The molecule has 1 N–H and O–H groups in total. The lowest BCUT2D eigenvalue weighted by atomic mass is 10.1. The van der Waals surface area contributed by atoms with Gasteiger partial charge in [-0.05, 0) is 42.8 Å². The van der Waals surface area contributed by atoms with Gasteiger partial charge < -0.3 is 15.1 Å². The number of benzene rings is 2. The molecule has 2 aromatic rings. The predicted molar refractivity (Wildman–Crippen MR) is 122 cm³/mol. The molecule has 154 valence electrons. The number of rotatable bonds is 5. The minimum Gasteiger partial charge on any atom is -0.366 e. The minimum atomic E-state index is -0.309. The van der Waals surface area contributed by atoms with E-state index in [9.17, 15) is 9.59 Å². The van der Waals surface area contributed by atoms with Crippen LogP contribution in [-0.2, 0) is 4.79 Å². The van der Waals surface area contributed by atoms with Crippen LogP contribution in [0.15, 0.2) is 40.9 Å². The van der Waals surface area contributed by atoms with Gasteiger partial charge in [-0.1, -0.05) is 46.1 Å². The summed E-state index contributed by atoms with van der Waals surface area (Å²) in [5.41, 5.74) is 1.87. The van der Waals surface area contributed by atoms with Crippen LogP contribution in [0, 0.1) is 0 Å². The second-order valence-electron chi connectivity index (χ2n) is 6.86. The second-order valence-corrected chi connectivity index (χ2v) is 8.62. The van der Waals surface area contributed by atoms with Crippen molar-refractivity contribution >= 4 is 62.3 Å². The summed E-state index contributed by atoms with van der Waals surface area (Å²) in [4.78, 5) is 29.0. The lowest BCUT2D eigenvalue weighted by Crippen LogP contribution is -2.48. The zero-order chi connectivity index (χ0) is 21.0. The van der Waals surface area contributed by atoms with E-state index < -0.39 is 0 Å². The van der Waals surface area contributed by atoms with Crippen LogP contribution in [0.25, 0.3) is 0 Å². The summed E-state index contributed by atoms with van der Waals surface area (Å²) in [5, 5.41) is 3.84. The standard InChI is InChI=1S/C21H22BrCl2N3O2/c1-2-3-20(28)27-10-8-26(9-11-27)19-7-5-15(23)13-18(19)25-21(29)16-12-14(22)4-6-17(16)24/h4-7,12-13H,2-3,8-11H2,1H3,(H,25,29). The van der Waals surface area contributed by atoms with Crippen molar-refractivity contribution in [1.29, 1.82) is 0 Å². The number of nitrogens with one attached hydrogen (secondary N) is 1. The molecule has 5 nitrogen and oxygen atoms in total. The summed E-state index contributed by atoms with van der Waals surface area (Å²) in [6.07, 6.45) is 1.43. The average molecular weight is 499 g/mol. The number of carbonyl (C=O) groups excluding carboxylic acids is 2. The Labute approximate surface area is 189 Å². The first-order chi connectivity index (χ1) is 13.9. The van der Waals surface area contributed by atoms with E-state index in [0.717, 1.165) is 16.6 Å². The fourth-order valence-corrected chi connectivity index (χ4v) is 4.05. The molecule has 8 heteroatoms. The Hall–Kier alpha value is -1.76. The van der Waals surface area contributed by atoms with E-state index in [0.29, 0.717) is 53.9 Å². The lowest BCUT2D eigenvalue weighted by Gasteiger charge is -2.37. The third-order valence-corrected chi connectivity index (χ3v) is 5.87. The predicted octanol–water partition coefficient (Wildman–Crippen LogP) is 5.46. The van der Waals surface area contributed by atoms with Crippen LogP contribution in [0.2, 0.25) is 10.0 Å². The SMILES string of the molecule is CCCC(=O)N1CCN(c2ccc(Cl)cc2NC(=O)c2cc(Br)ccc2Cl)CC1. The van der Waals surface area contributed by atoms with Crippen LogP contribution >= 0.6 is 39.1 Å². The monoisotopic (exact) mass is 497 g/mol. The number of hydrogen-bond donors (Lipinski definition) is 1. The number of piperazine rings is 1. The van der Waals surface area contributed by atoms with E-state index in [1.807, 2.05) is 17.9 Å². The molecule has 1 aliphatic rings. The maximum atomic E-state index is 12.8. The largest absolute Gasteiger partial charge is 0.366 e. The van der Waals surface area contributed by atoms with Gasteiger partial charge in [-0.2, -0.15) is 0 Å². The molecule has 2 aromatic carbocycles. The van der Waals surface area contributed by atoms with Crippen molar-refractivity contribution < 1.29 is 9.59 Å². The topological polar surface area (TPSA) is 52.7 Å². The summed E-state index contributed by atoms with van der Waals surface area (Å²) in [6.45, 7) is 4.71. The molecule has 3 rings (SSSR count). The minimum absolute atomic E-state index is 0.195. The molecule has 0 spiro atoms. The molecule has 1 fully saturated rings. The van der Waals surface area contributed by atoms with Gasteiger partial charge in [0.2, 0.25) is 5.91 Å². The van der Waals surface area contributed by atoms with E-state index in [1.54, 1.807) is 30.3 Å². The van der Waals surface area contributed by atoms with E-state index in [4.69, 9.17) is 23.2 Å². The molecule has 1 heterocycles. The molecule has 2 amide bonds. The van der Waals surface area contributed by atoms with Gasteiger partial charge in [0, 0.05) is 42.1 Å². The fourth-order valence-electron chi connectivity index (χ4n) is 3.31. The number of amides is 2. The summed E-state index contributed by atoms with van der Waals surface area (Å²) < 4.78 is 0.770. The van der Waals surface area contributed by atoms with E-state index in [1.165, 1.54) is 0 Å². The Morgan fingerprint density at radius 3 is 2.48 bits per heavy atom. The van der Waals surface area contributed by atoms with Crippen molar-refractivity contribution in [2.24, 2.45) is 0 Å². The number of nitrogens with zero attached hydrogens (tertiary/aromatic N) is 2. The number of anilines is 2. The van der Waals surface area contributed by atoms with E-state index in [2.05, 4.69) is 26.1 Å². The summed E-state index contributed by atoms with van der Waals surface area (Å²) in [7, 11) is 0. The summed E-state index contributed by atoms with van der Waals surface area (Å²) >= 11 is 15.7. The smallest absolute Gasteiger partial charge is 0.257 e. The average Bonchev–Trinajstić information content (AvgIpc) is 2.70. The van der Waals surface area contributed by atoms with Crippen LogP contribution in [-0.4, -0.2) is 42.9 Å². The third-order valence-electron chi connectivity index (χ3n) is 4.82. The third kappa shape index (κ3) is 5.44. The molecule has 0 aliphatic carbocycles. The lowest BCUT2D eigenvalue weighted by molar-refractivity contribution is -0.131. The van der Waals surface area contributed by atoms with Crippen LogP contribution < -0.4 is 10.2 Å². The van der Waals surface area contributed by atoms with Crippen molar-refractivity contribution in [3.63, 3.8) is 0 Å². The van der Waals surface area contributed by atoms with Crippen LogP contribution in [0.1, 0.15) is 30.1 Å². The Kier molecular flexibility index (Phi) is 7.44. The first-order valence-corrected chi connectivity index (χ1v) is 11.0. The fraction of sp³-hybridized carbons (Fsp3) is 0.333. The molecule has 1 aliphatic heterocycles. The summed E-state index contributed by atoms with van der Waals surface area (Å²) in [5.74, 6) is -0.113. The van der Waals surface area contributed by atoms with Gasteiger partial charge in [-0.15, -0.1) is 0 Å². The van der Waals surface area contributed by atoms with Crippen LogP contribution in [0.3, 0.4) is 0 Å². The second kappa shape index (κ2) is 9.83.